The van der Waals surface area contributed by atoms with Crippen LogP contribution in [0.25, 0.3) is 0 Å². The lowest BCUT2D eigenvalue weighted by molar-refractivity contribution is 0.0958. The van der Waals surface area contributed by atoms with Gasteiger partial charge in [-0.3, -0.25) is 4.79 Å². The van der Waals surface area contributed by atoms with Crippen molar-refractivity contribution in [1.82, 2.24) is 5.32 Å². The molecule has 1 aromatic rings. The van der Waals surface area contributed by atoms with Gasteiger partial charge in [-0.15, -0.1) is 11.3 Å². The van der Waals surface area contributed by atoms with Crippen LogP contribution in [-0.4, -0.2) is 31.7 Å². The molecular weight excluding hydrogens is 274 g/mol. The van der Waals surface area contributed by atoms with E-state index in [2.05, 4.69) is 17.6 Å². The molecule has 1 saturated heterocycles. The lowest BCUT2D eigenvalue weighted by Crippen LogP contribution is -2.23. The molecule has 0 aliphatic carbocycles. The first-order chi connectivity index (χ1) is 9.61. The third kappa shape index (κ3) is 3.64. The van der Waals surface area contributed by atoms with Gasteiger partial charge in [0.1, 0.15) is 4.88 Å². The Bertz CT molecular complexity index is 461. The Labute approximate surface area is 123 Å². The van der Waals surface area contributed by atoms with Gasteiger partial charge < -0.3 is 21.1 Å². The molecule has 1 amide bonds. The number of nitrogens with two attached hydrogens (primary N) is 1. The third-order valence-corrected chi connectivity index (χ3v) is 4.68. The molecule has 0 spiro atoms. The first-order valence-corrected chi connectivity index (χ1v) is 7.96. The van der Waals surface area contributed by atoms with E-state index in [9.17, 15) is 4.79 Å². The number of hydrogen-bond acceptors (Lipinski definition) is 5. The number of nitrogens with one attached hydrogen (secondary N) is 2. The van der Waals surface area contributed by atoms with Crippen molar-refractivity contribution >= 4 is 27.9 Å². The molecule has 1 fully saturated rings. The van der Waals surface area contributed by atoms with Crippen LogP contribution in [0.4, 0.5) is 10.7 Å². The number of anilines is 2. The van der Waals surface area contributed by atoms with Crippen molar-refractivity contribution in [3.8, 4) is 0 Å². The van der Waals surface area contributed by atoms with Gasteiger partial charge in [-0.25, -0.2) is 0 Å². The molecule has 2 rings (SSSR count). The minimum atomic E-state index is -0.0834. The van der Waals surface area contributed by atoms with Crippen molar-refractivity contribution in [3.63, 3.8) is 0 Å². The van der Waals surface area contributed by atoms with Crippen LogP contribution in [0.3, 0.4) is 0 Å². The molecule has 1 aromatic heterocycles. The fourth-order valence-electron chi connectivity index (χ4n) is 2.26. The van der Waals surface area contributed by atoms with Crippen molar-refractivity contribution in [2.45, 2.75) is 32.8 Å². The van der Waals surface area contributed by atoms with Gasteiger partial charge in [-0.05, 0) is 25.8 Å². The van der Waals surface area contributed by atoms with Crippen molar-refractivity contribution in [3.05, 3.63) is 10.9 Å². The van der Waals surface area contributed by atoms with Crippen LogP contribution in [0.1, 0.15) is 36.4 Å². The van der Waals surface area contributed by atoms with Crippen LogP contribution in [-0.2, 0) is 4.74 Å². The Hall–Kier alpha value is -1.27. The van der Waals surface area contributed by atoms with Gasteiger partial charge in [-0.1, -0.05) is 6.92 Å². The zero-order chi connectivity index (χ0) is 14.5. The number of carbonyl (C=O) groups is 1. The number of carbonyl (C=O) groups excluding carboxylic acids is 1. The van der Waals surface area contributed by atoms with Crippen molar-refractivity contribution in [2.75, 3.05) is 30.7 Å². The van der Waals surface area contributed by atoms with Gasteiger partial charge in [0.05, 0.1) is 16.8 Å². The van der Waals surface area contributed by atoms with E-state index in [0.29, 0.717) is 29.1 Å². The van der Waals surface area contributed by atoms with E-state index in [0.717, 1.165) is 31.0 Å². The highest BCUT2D eigenvalue weighted by molar-refractivity contribution is 7.18. The number of ether oxygens (including phenoxy) is 1. The van der Waals surface area contributed by atoms with E-state index >= 15 is 0 Å². The molecule has 0 bridgehead atoms. The average molecular weight is 297 g/mol. The molecule has 112 valence electrons. The summed E-state index contributed by atoms with van der Waals surface area (Å²) in [7, 11) is 0. The number of rotatable bonds is 6. The number of hydrogen-bond donors (Lipinski definition) is 3. The van der Waals surface area contributed by atoms with Gasteiger partial charge in [-0.2, -0.15) is 0 Å². The summed E-state index contributed by atoms with van der Waals surface area (Å²) in [5, 5.41) is 7.17. The quantitative estimate of drug-likeness (QED) is 0.753. The molecule has 0 radical (unpaired) electrons. The lowest BCUT2D eigenvalue weighted by atomic mass is 10.0. The highest BCUT2D eigenvalue weighted by atomic mass is 32.1. The summed E-state index contributed by atoms with van der Waals surface area (Å²) in [6.45, 7) is 6.50. The molecule has 4 N–H and O–H groups in total. The number of thiophene rings is 1. The van der Waals surface area contributed by atoms with E-state index in [1.807, 2.05) is 13.0 Å². The predicted molar refractivity (Wildman–Crippen MR) is 83.4 cm³/mol. The average Bonchev–Trinajstić information content (AvgIpc) is 2.99. The Morgan fingerprint density at radius 1 is 1.60 bits per heavy atom. The maximum absolute atomic E-state index is 11.9. The maximum Gasteiger partial charge on any atom is 0.263 e. The summed E-state index contributed by atoms with van der Waals surface area (Å²) in [5.41, 5.74) is 6.45. The molecule has 2 atom stereocenters. The third-order valence-electron chi connectivity index (χ3n) is 3.57. The van der Waals surface area contributed by atoms with Gasteiger partial charge in [0.2, 0.25) is 0 Å². The van der Waals surface area contributed by atoms with Crippen LogP contribution < -0.4 is 16.4 Å². The molecule has 2 unspecified atom stereocenters. The van der Waals surface area contributed by atoms with Crippen LogP contribution in [0, 0.1) is 5.92 Å². The molecule has 0 aromatic carbocycles. The zero-order valence-electron chi connectivity index (χ0n) is 12.1. The summed E-state index contributed by atoms with van der Waals surface area (Å²) < 4.78 is 5.54. The summed E-state index contributed by atoms with van der Waals surface area (Å²) in [6.07, 6.45) is 2.30. The normalized spacial score (nSPS) is 21.9. The summed E-state index contributed by atoms with van der Waals surface area (Å²) in [4.78, 5) is 12.5. The summed E-state index contributed by atoms with van der Waals surface area (Å²) in [5.74, 6) is 0.440. The van der Waals surface area contributed by atoms with E-state index < -0.39 is 0 Å². The van der Waals surface area contributed by atoms with Gasteiger partial charge >= 0.3 is 0 Å². The summed E-state index contributed by atoms with van der Waals surface area (Å²) >= 11 is 1.41. The fourth-order valence-corrected chi connectivity index (χ4v) is 3.17. The Kier molecular flexibility index (Phi) is 5.25. The topological polar surface area (TPSA) is 76.4 Å². The predicted octanol–water partition coefficient (Wildman–Crippen LogP) is 2.31. The van der Waals surface area contributed by atoms with Gasteiger partial charge in [0.15, 0.2) is 0 Å². The fraction of sp³-hybridized carbons (Fsp3) is 0.643. The van der Waals surface area contributed by atoms with Gasteiger partial charge in [0.25, 0.3) is 5.91 Å². The minimum absolute atomic E-state index is 0.0834. The molecule has 0 saturated carbocycles. The molecule has 1 aliphatic rings. The second-order valence-corrected chi connectivity index (χ2v) is 6.21. The lowest BCUT2D eigenvalue weighted by Gasteiger charge is -2.14. The van der Waals surface area contributed by atoms with E-state index in [4.69, 9.17) is 10.5 Å². The molecule has 5 nitrogen and oxygen atoms in total. The van der Waals surface area contributed by atoms with E-state index in [1.54, 1.807) is 0 Å². The Morgan fingerprint density at radius 3 is 3.05 bits per heavy atom. The highest BCUT2D eigenvalue weighted by Crippen LogP contribution is 2.30. The Balaban J connectivity index is 1.91. The Morgan fingerprint density at radius 2 is 2.40 bits per heavy atom. The molecule has 2 heterocycles. The first kappa shape index (κ1) is 15.1. The number of nitrogen functional groups attached to an aromatic ring is 1. The summed E-state index contributed by atoms with van der Waals surface area (Å²) in [6, 6.07) is 1.84. The second kappa shape index (κ2) is 6.95. The first-order valence-electron chi connectivity index (χ1n) is 7.14. The smallest absolute Gasteiger partial charge is 0.263 e. The zero-order valence-corrected chi connectivity index (χ0v) is 12.9. The molecule has 20 heavy (non-hydrogen) atoms. The van der Waals surface area contributed by atoms with E-state index in [1.165, 1.54) is 11.3 Å². The van der Waals surface area contributed by atoms with Crippen LogP contribution >= 0.6 is 11.3 Å². The van der Waals surface area contributed by atoms with Crippen LogP contribution in [0.5, 0.6) is 0 Å². The number of amides is 1. The second-order valence-electron chi connectivity index (χ2n) is 5.16. The minimum Gasteiger partial charge on any atom is -0.397 e. The van der Waals surface area contributed by atoms with Crippen molar-refractivity contribution in [1.29, 1.82) is 0 Å². The largest absolute Gasteiger partial charge is 0.397 e. The van der Waals surface area contributed by atoms with Crippen molar-refractivity contribution < 1.29 is 9.53 Å². The van der Waals surface area contributed by atoms with Crippen LogP contribution in [0.15, 0.2) is 6.07 Å². The standard InChI is InChI=1S/C14H23N3O2S/c1-3-5-16-14(18)13-11(15)7-12(20-13)17-8-10-4-6-19-9(10)2/h7,9-10,17H,3-6,8,15H2,1-2H3,(H,16,18). The van der Waals surface area contributed by atoms with E-state index in [-0.39, 0.29) is 5.91 Å². The molecule has 1 aliphatic heterocycles. The van der Waals surface area contributed by atoms with Gasteiger partial charge in [0, 0.05) is 25.6 Å². The van der Waals surface area contributed by atoms with Crippen molar-refractivity contribution in [2.24, 2.45) is 5.92 Å². The monoisotopic (exact) mass is 297 g/mol. The highest BCUT2D eigenvalue weighted by Gasteiger charge is 2.24. The molecular formula is C14H23N3O2S. The SMILES string of the molecule is CCCNC(=O)c1sc(NCC2CCOC2C)cc1N. The maximum atomic E-state index is 11.9. The van der Waals surface area contributed by atoms with Crippen LogP contribution in [0.2, 0.25) is 0 Å². The molecule has 6 heteroatoms.